The molecule has 4 rings (SSSR count). The summed E-state index contributed by atoms with van der Waals surface area (Å²) in [5, 5.41) is 1.74. The Bertz CT molecular complexity index is 794. The van der Waals surface area contributed by atoms with Crippen LogP contribution in [0.15, 0.2) is 65.1 Å². The third kappa shape index (κ3) is 5.37. The van der Waals surface area contributed by atoms with E-state index in [1.807, 2.05) is 0 Å². The van der Waals surface area contributed by atoms with Crippen LogP contribution in [-0.2, 0) is 0 Å². The van der Waals surface area contributed by atoms with E-state index in [1.54, 1.807) is 17.3 Å². The maximum absolute atomic E-state index is 3.52. The van der Waals surface area contributed by atoms with Crippen molar-refractivity contribution in [1.82, 2.24) is 0 Å². The first-order valence-electron chi connectivity index (χ1n) is 12.2. The normalized spacial score (nSPS) is 29.9. The summed E-state index contributed by atoms with van der Waals surface area (Å²) in [5.74, 6) is 2.78. The van der Waals surface area contributed by atoms with Gasteiger partial charge in [0.05, 0.1) is 8.07 Å². The van der Waals surface area contributed by atoms with E-state index in [2.05, 4.69) is 89.6 Å². The van der Waals surface area contributed by atoms with Gasteiger partial charge in [0.25, 0.3) is 0 Å². The molecule has 0 radical (unpaired) electrons. The zero-order valence-corrected chi connectivity index (χ0v) is 21.1. The summed E-state index contributed by atoms with van der Waals surface area (Å²) in [6.07, 6.45) is 14.9. The Hall–Kier alpha value is -1.12. The first-order valence-corrected chi connectivity index (χ1v) is 15.6. The molecule has 0 atom stereocenters. The van der Waals surface area contributed by atoms with Crippen LogP contribution < -0.4 is 5.19 Å². The average Bonchev–Trinajstić information content (AvgIpc) is 2.80. The van der Waals surface area contributed by atoms with Gasteiger partial charge in [-0.15, -0.1) is 0 Å². The molecule has 2 aliphatic rings. The molecule has 1 heterocycles. The molecule has 30 heavy (non-hydrogen) atoms. The standard InChI is InChI=1S/C28H37BrSi/c1-2-20-30(28-6-4-3-5-7-28)21-18-26(19-22-30)25-14-10-23(11-15-25)8-9-24-12-16-27(29)17-13-24/h3-9,12-13,16-17,23,25-26H,2,10-11,14-15,18-22H2,1H3/b9-8+. The second kappa shape index (κ2) is 10.5. The van der Waals surface area contributed by atoms with Crippen LogP contribution in [0.3, 0.4) is 0 Å². The van der Waals surface area contributed by atoms with Crippen LogP contribution >= 0.6 is 15.9 Å². The van der Waals surface area contributed by atoms with Crippen LogP contribution in [0.5, 0.6) is 0 Å². The van der Waals surface area contributed by atoms with E-state index < -0.39 is 8.07 Å². The molecule has 0 bridgehead atoms. The molecule has 0 amide bonds. The summed E-state index contributed by atoms with van der Waals surface area (Å²) in [6.45, 7) is 2.40. The SMILES string of the molecule is CCC[Si]1(c2ccccc2)CCC(C2CCC(/C=C/c3ccc(Br)cc3)CC2)CC1. The molecule has 1 saturated heterocycles. The maximum atomic E-state index is 3.52. The van der Waals surface area contributed by atoms with Gasteiger partial charge in [-0.05, 0) is 61.1 Å². The maximum Gasteiger partial charge on any atom is 0.0867 e. The Kier molecular flexibility index (Phi) is 7.70. The Morgan fingerprint density at radius 1 is 0.833 bits per heavy atom. The van der Waals surface area contributed by atoms with Gasteiger partial charge >= 0.3 is 0 Å². The highest BCUT2D eigenvalue weighted by Gasteiger charge is 2.40. The quantitative estimate of drug-likeness (QED) is 0.363. The molecule has 0 spiro atoms. The summed E-state index contributed by atoms with van der Waals surface area (Å²) < 4.78 is 1.16. The number of allylic oxidation sites excluding steroid dienone is 1. The lowest BCUT2D eigenvalue weighted by atomic mass is 9.74. The van der Waals surface area contributed by atoms with Gasteiger partial charge in [0.15, 0.2) is 0 Å². The van der Waals surface area contributed by atoms with Crippen molar-refractivity contribution in [2.24, 2.45) is 17.8 Å². The Morgan fingerprint density at radius 3 is 2.10 bits per heavy atom. The zero-order chi connectivity index (χ0) is 20.8. The molecule has 0 nitrogen and oxygen atoms in total. The van der Waals surface area contributed by atoms with Crippen molar-refractivity contribution >= 4 is 35.3 Å². The predicted octanol–water partition coefficient (Wildman–Crippen LogP) is 8.44. The van der Waals surface area contributed by atoms with Crippen molar-refractivity contribution in [3.63, 3.8) is 0 Å². The molecule has 2 aromatic carbocycles. The van der Waals surface area contributed by atoms with E-state index in [-0.39, 0.29) is 0 Å². The average molecular weight is 482 g/mol. The van der Waals surface area contributed by atoms with E-state index in [1.165, 1.54) is 56.6 Å². The minimum Gasteiger partial charge on any atom is -0.0808 e. The fourth-order valence-corrected chi connectivity index (χ4v) is 11.8. The van der Waals surface area contributed by atoms with E-state index in [4.69, 9.17) is 0 Å². The number of rotatable bonds is 6. The van der Waals surface area contributed by atoms with Gasteiger partial charge in [0.1, 0.15) is 0 Å². The van der Waals surface area contributed by atoms with E-state index >= 15 is 0 Å². The fourth-order valence-electron chi connectivity index (χ4n) is 6.25. The smallest absolute Gasteiger partial charge is 0.0808 e. The molecule has 2 heteroatoms. The van der Waals surface area contributed by atoms with Crippen molar-refractivity contribution in [2.75, 3.05) is 0 Å². The van der Waals surface area contributed by atoms with Crippen molar-refractivity contribution < 1.29 is 0 Å². The third-order valence-electron chi connectivity index (χ3n) is 8.02. The molecule has 1 saturated carbocycles. The monoisotopic (exact) mass is 480 g/mol. The second-order valence-electron chi connectivity index (χ2n) is 9.82. The van der Waals surface area contributed by atoms with Crippen LogP contribution in [0.2, 0.25) is 18.1 Å². The molecule has 0 unspecified atom stereocenters. The first kappa shape index (κ1) is 22.1. The highest BCUT2D eigenvalue weighted by molar-refractivity contribution is 9.10. The molecule has 0 aromatic heterocycles. The first-order chi connectivity index (χ1) is 14.7. The van der Waals surface area contributed by atoms with Gasteiger partial charge < -0.3 is 0 Å². The minimum atomic E-state index is -1.25. The van der Waals surface area contributed by atoms with Crippen LogP contribution in [-0.4, -0.2) is 8.07 Å². The fraction of sp³-hybridized carbons (Fsp3) is 0.500. The number of hydrogen-bond acceptors (Lipinski definition) is 0. The Morgan fingerprint density at radius 2 is 1.47 bits per heavy atom. The summed E-state index contributed by atoms with van der Waals surface area (Å²) in [4.78, 5) is 0. The molecular formula is C28H37BrSi. The highest BCUT2D eigenvalue weighted by atomic mass is 79.9. The summed E-state index contributed by atoms with van der Waals surface area (Å²) in [6, 6.07) is 24.9. The molecule has 160 valence electrons. The van der Waals surface area contributed by atoms with Crippen molar-refractivity contribution in [3.8, 4) is 0 Å². The molecule has 1 aliphatic heterocycles. The Labute approximate surface area is 193 Å². The molecule has 2 aromatic rings. The van der Waals surface area contributed by atoms with Crippen molar-refractivity contribution in [1.29, 1.82) is 0 Å². The second-order valence-corrected chi connectivity index (χ2v) is 15.4. The topological polar surface area (TPSA) is 0 Å². The molecule has 2 fully saturated rings. The van der Waals surface area contributed by atoms with Gasteiger partial charge in [-0.25, -0.2) is 0 Å². The minimum absolute atomic E-state index is 0.784. The highest BCUT2D eigenvalue weighted by Crippen LogP contribution is 2.44. The lowest BCUT2D eigenvalue weighted by Crippen LogP contribution is -2.50. The van der Waals surface area contributed by atoms with Gasteiger partial charge in [-0.2, -0.15) is 0 Å². The van der Waals surface area contributed by atoms with Gasteiger partial charge in [0, 0.05) is 4.47 Å². The predicted molar refractivity (Wildman–Crippen MR) is 138 cm³/mol. The largest absolute Gasteiger partial charge is 0.0867 e. The number of hydrogen-bond donors (Lipinski definition) is 0. The summed E-state index contributed by atoms with van der Waals surface area (Å²) >= 11 is 3.52. The molecule has 1 aliphatic carbocycles. The number of benzene rings is 2. The van der Waals surface area contributed by atoms with Crippen LogP contribution in [0, 0.1) is 17.8 Å². The van der Waals surface area contributed by atoms with E-state index in [9.17, 15) is 0 Å². The zero-order valence-electron chi connectivity index (χ0n) is 18.5. The van der Waals surface area contributed by atoms with Crippen molar-refractivity contribution in [3.05, 3.63) is 70.7 Å². The van der Waals surface area contributed by atoms with Gasteiger partial charge in [0.2, 0.25) is 0 Å². The third-order valence-corrected chi connectivity index (χ3v) is 14.1. The number of halogens is 1. The lowest BCUT2D eigenvalue weighted by Gasteiger charge is -2.43. The Balaban J connectivity index is 1.29. The molecule has 0 N–H and O–H groups in total. The lowest BCUT2D eigenvalue weighted by molar-refractivity contribution is 0.208. The summed E-state index contributed by atoms with van der Waals surface area (Å²) in [7, 11) is -1.25. The van der Waals surface area contributed by atoms with Crippen LogP contribution in [0.25, 0.3) is 6.08 Å². The van der Waals surface area contributed by atoms with Gasteiger partial charge in [-0.1, -0.05) is 120 Å². The van der Waals surface area contributed by atoms with Crippen LogP contribution in [0.4, 0.5) is 0 Å². The van der Waals surface area contributed by atoms with Gasteiger partial charge in [-0.3, -0.25) is 0 Å². The van der Waals surface area contributed by atoms with Crippen molar-refractivity contribution in [2.45, 2.75) is 70.0 Å². The van der Waals surface area contributed by atoms with E-state index in [0.29, 0.717) is 0 Å². The summed E-state index contributed by atoms with van der Waals surface area (Å²) in [5.41, 5.74) is 1.32. The van der Waals surface area contributed by atoms with Crippen LogP contribution in [0.1, 0.15) is 57.4 Å². The van der Waals surface area contributed by atoms with E-state index in [0.717, 1.165) is 22.2 Å². The molecular weight excluding hydrogens is 444 g/mol.